The first-order valence-corrected chi connectivity index (χ1v) is 4.10. The molecule has 0 N–H and O–H groups in total. The molecule has 0 aliphatic carbocycles. The van der Waals surface area contributed by atoms with Crippen molar-refractivity contribution in [3.05, 3.63) is 11.7 Å². The van der Waals surface area contributed by atoms with E-state index in [0.29, 0.717) is 5.92 Å². The molecular formula is C8H14N2O. The molecule has 0 aliphatic heterocycles. The van der Waals surface area contributed by atoms with E-state index >= 15 is 0 Å². The minimum Gasteiger partial charge on any atom is -0.339 e. The van der Waals surface area contributed by atoms with Crippen LogP contribution in [0.4, 0.5) is 0 Å². The van der Waals surface area contributed by atoms with Gasteiger partial charge in [-0.1, -0.05) is 25.9 Å². The number of rotatable bonds is 3. The standard InChI is InChI=1S/C8H14N2O/c1-4-6(3)8-9-7(5-2)10-11-8/h6H,4-5H2,1-3H3. The summed E-state index contributed by atoms with van der Waals surface area (Å²) < 4.78 is 5.05. The van der Waals surface area contributed by atoms with E-state index in [1.54, 1.807) is 0 Å². The summed E-state index contributed by atoms with van der Waals surface area (Å²) in [4.78, 5) is 4.22. The van der Waals surface area contributed by atoms with E-state index in [4.69, 9.17) is 4.52 Å². The molecular weight excluding hydrogens is 140 g/mol. The van der Waals surface area contributed by atoms with Gasteiger partial charge in [-0.25, -0.2) is 0 Å². The van der Waals surface area contributed by atoms with E-state index < -0.39 is 0 Å². The number of nitrogens with zero attached hydrogens (tertiary/aromatic N) is 2. The monoisotopic (exact) mass is 154 g/mol. The zero-order valence-corrected chi connectivity index (χ0v) is 7.29. The molecule has 62 valence electrons. The van der Waals surface area contributed by atoms with E-state index in [1.807, 2.05) is 6.92 Å². The topological polar surface area (TPSA) is 38.9 Å². The first kappa shape index (κ1) is 8.24. The zero-order valence-electron chi connectivity index (χ0n) is 7.29. The molecule has 3 nitrogen and oxygen atoms in total. The third kappa shape index (κ3) is 1.79. The Balaban J connectivity index is 2.71. The lowest BCUT2D eigenvalue weighted by Crippen LogP contribution is -1.91. The summed E-state index contributed by atoms with van der Waals surface area (Å²) in [6.07, 6.45) is 1.89. The molecule has 0 aliphatic rings. The SMILES string of the molecule is CCc1noc(C(C)CC)n1. The molecule has 0 fully saturated rings. The zero-order chi connectivity index (χ0) is 8.27. The summed E-state index contributed by atoms with van der Waals surface area (Å²) in [6, 6.07) is 0. The average Bonchev–Trinajstić information content (AvgIpc) is 2.50. The van der Waals surface area contributed by atoms with Crippen molar-refractivity contribution in [3.63, 3.8) is 0 Å². The first-order chi connectivity index (χ1) is 5.27. The van der Waals surface area contributed by atoms with Gasteiger partial charge in [0.05, 0.1) is 0 Å². The molecule has 1 rings (SSSR count). The predicted octanol–water partition coefficient (Wildman–Crippen LogP) is 2.15. The van der Waals surface area contributed by atoms with Gasteiger partial charge in [-0.05, 0) is 6.42 Å². The summed E-state index contributed by atoms with van der Waals surface area (Å²) in [5.74, 6) is 1.97. The van der Waals surface area contributed by atoms with Crippen LogP contribution in [0.15, 0.2) is 4.52 Å². The lowest BCUT2D eigenvalue weighted by molar-refractivity contribution is 0.353. The van der Waals surface area contributed by atoms with Gasteiger partial charge in [0.1, 0.15) is 0 Å². The molecule has 1 aromatic rings. The van der Waals surface area contributed by atoms with Crippen LogP contribution >= 0.6 is 0 Å². The van der Waals surface area contributed by atoms with Crippen molar-refractivity contribution >= 4 is 0 Å². The summed E-state index contributed by atoms with van der Waals surface area (Å²) in [6.45, 7) is 6.22. The van der Waals surface area contributed by atoms with E-state index in [9.17, 15) is 0 Å². The van der Waals surface area contributed by atoms with Crippen LogP contribution in [0, 0.1) is 0 Å². The Bertz CT molecular complexity index is 220. The summed E-state index contributed by atoms with van der Waals surface area (Å²) in [5.41, 5.74) is 0. The van der Waals surface area contributed by atoms with Crippen molar-refractivity contribution < 1.29 is 4.52 Å². The van der Waals surface area contributed by atoms with Gasteiger partial charge in [-0.3, -0.25) is 0 Å². The highest BCUT2D eigenvalue weighted by Gasteiger charge is 2.10. The van der Waals surface area contributed by atoms with E-state index in [-0.39, 0.29) is 0 Å². The molecule has 0 radical (unpaired) electrons. The highest BCUT2D eigenvalue weighted by atomic mass is 16.5. The molecule has 11 heavy (non-hydrogen) atoms. The second-order valence-electron chi connectivity index (χ2n) is 2.71. The van der Waals surface area contributed by atoms with Gasteiger partial charge >= 0.3 is 0 Å². The Morgan fingerprint density at radius 3 is 2.64 bits per heavy atom. The molecule has 0 saturated heterocycles. The molecule has 0 saturated carbocycles. The fraction of sp³-hybridized carbons (Fsp3) is 0.750. The second-order valence-corrected chi connectivity index (χ2v) is 2.71. The second kappa shape index (κ2) is 3.51. The third-order valence-corrected chi connectivity index (χ3v) is 1.83. The summed E-state index contributed by atoms with van der Waals surface area (Å²) in [5, 5.41) is 3.82. The normalized spacial score (nSPS) is 13.4. The number of aromatic nitrogens is 2. The summed E-state index contributed by atoms with van der Waals surface area (Å²) >= 11 is 0. The van der Waals surface area contributed by atoms with Crippen LogP contribution in [0.2, 0.25) is 0 Å². The molecule has 0 bridgehead atoms. The van der Waals surface area contributed by atoms with E-state index in [2.05, 4.69) is 24.0 Å². The Morgan fingerprint density at radius 2 is 2.18 bits per heavy atom. The molecule has 1 unspecified atom stereocenters. The van der Waals surface area contributed by atoms with Gasteiger partial charge in [0.15, 0.2) is 5.82 Å². The van der Waals surface area contributed by atoms with Gasteiger partial charge in [0, 0.05) is 12.3 Å². The maximum absolute atomic E-state index is 5.05. The van der Waals surface area contributed by atoms with Gasteiger partial charge in [-0.2, -0.15) is 4.98 Å². The molecule has 0 spiro atoms. The van der Waals surface area contributed by atoms with Gasteiger partial charge < -0.3 is 4.52 Å². The van der Waals surface area contributed by atoms with Crippen LogP contribution in [-0.2, 0) is 6.42 Å². The van der Waals surface area contributed by atoms with Crippen molar-refractivity contribution in [3.8, 4) is 0 Å². The molecule has 1 heterocycles. The van der Waals surface area contributed by atoms with Crippen LogP contribution in [0.1, 0.15) is 44.8 Å². The number of hydrogen-bond donors (Lipinski definition) is 0. The Kier molecular flexibility index (Phi) is 2.63. The van der Waals surface area contributed by atoms with Crippen LogP contribution in [-0.4, -0.2) is 10.1 Å². The van der Waals surface area contributed by atoms with Crippen LogP contribution in [0.25, 0.3) is 0 Å². The highest BCUT2D eigenvalue weighted by molar-refractivity contribution is 4.91. The van der Waals surface area contributed by atoms with Crippen molar-refractivity contribution in [1.82, 2.24) is 10.1 Å². The fourth-order valence-electron chi connectivity index (χ4n) is 0.786. The Morgan fingerprint density at radius 1 is 1.45 bits per heavy atom. The largest absolute Gasteiger partial charge is 0.339 e. The van der Waals surface area contributed by atoms with Gasteiger partial charge in [0.2, 0.25) is 5.89 Å². The molecule has 1 atom stereocenters. The third-order valence-electron chi connectivity index (χ3n) is 1.83. The van der Waals surface area contributed by atoms with E-state index in [0.717, 1.165) is 24.6 Å². The van der Waals surface area contributed by atoms with Crippen molar-refractivity contribution in [1.29, 1.82) is 0 Å². The lowest BCUT2D eigenvalue weighted by Gasteiger charge is -1.98. The molecule has 0 aromatic carbocycles. The quantitative estimate of drug-likeness (QED) is 0.669. The number of hydrogen-bond acceptors (Lipinski definition) is 3. The Labute approximate surface area is 66.8 Å². The lowest BCUT2D eigenvalue weighted by atomic mass is 10.1. The van der Waals surface area contributed by atoms with E-state index in [1.165, 1.54) is 0 Å². The first-order valence-electron chi connectivity index (χ1n) is 4.10. The van der Waals surface area contributed by atoms with Crippen LogP contribution < -0.4 is 0 Å². The van der Waals surface area contributed by atoms with Gasteiger partial charge in [0.25, 0.3) is 0 Å². The average molecular weight is 154 g/mol. The smallest absolute Gasteiger partial charge is 0.229 e. The van der Waals surface area contributed by atoms with Crippen LogP contribution in [0.3, 0.4) is 0 Å². The highest BCUT2D eigenvalue weighted by Crippen LogP contribution is 2.15. The maximum Gasteiger partial charge on any atom is 0.229 e. The van der Waals surface area contributed by atoms with Crippen molar-refractivity contribution in [2.24, 2.45) is 0 Å². The molecule has 3 heteroatoms. The number of aryl methyl sites for hydroxylation is 1. The predicted molar refractivity (Wildman–Crippen MR) is 42.4 cm³/mol. The Hall–Kier alpha value is -0.860. The minimum absolute atomic E-state index is 0.391. The molecule has 1 aromatic heterocycles. The van der Waals surface area contributed by atoms with Crippen molar-refractivity contribution in [2.45, 2.75) is 39.5 Å². The summed E-state index contributed by atoms with van der Waals surface area (Å²) in [7, 11) is 0. The maximum atomic E-state index is 5.05. The fourth-order valence-corrected chi connectivity index (χ4v) is 0.786. The molecule has 0 amide bonds. The van der Waals surface area contributed by atoms with Crippen LogP contribution in [0.5, 0.6) is 0 Å². The van der Waals surface area contributed by atoms with Gasteiger partial charge in [-0.15, -0.1) is 0 Å². The van der Waals surface area contributed by atoms with Crippen molar-refractivity contribution in [2.75, 3.05) is 0 Å². The minimum atomic E-state index is 0.391.